The van der Waals surface area contributed by atoms with Crippen molar-refractivity contribution in [1.82, 2.24) is 4.98 Å². The average molecular weight is 369 g/mol. The summed E-state index contributed by atoms with van der Waals surface area (Å²) in [5, 5.41) is 7.34. The molecule has 3 aromatic rings. The van der Waals surface area contributed by atoms with E-state index in [1.165, 1.54) is 11.3 Å². The summed E-state index contributed by atoms with van der Waals surface area (Å²) in [4.78, 5) is 31.9. The molecule has 4 rings (SSSR count). The lowest BCUT2D eigenvalue weighted by Crippen LogP contribution is -2.28. The summed E-state index contributed by atoms with van der Waals surface area (Å²) in [6.45, 7) is 0.401. The van der Waals surface area contributed by atoms with E-state index in [1.807, 2.05) is 53.2 Å². The minimum absolute atomic E-state index is 0.0234. The third-order valence-corrected chi connectivity index (χ3v) is 5.72. The lowest BCUT2D eigenvalue weighted by atomic mass is 10.1. The zero-order valence-electron chi connectivity index (χ0n) is 13.2. The van der Waals surface area contributed by atoms with E-state index in [0.29, 0.717) is 11.7 Å². The molecule has 1 N–H and O–H groups in total. The standard InChI is InChI=1S/C18H15N3O2S2/c22-16-9-12(10-21(16)13-5-2-1-3-6-13)17(23)20-18-19-14(11-25-18)15-7-4-8-24-15/h1-8,11-12H,9-10H2,(H,19,20,23)/t12-/m0/s1. The first-order valence-corrected chi connectivity index (χ1v) is 9.62. The third-order valence-electron chi connectivity index (χ3n) is 4.07. The Hall–Kier alpha value is -2.51. The van der Waals surface area contributed by atoms with Crippen molar-refractivity contribution in [3.05, 3.63) is 53.2 Å². The molecule has 1 aliphatic rings. The molecule has 2 amide bonds. The van der Waals surface area contributed by atoms with Crippen molar-refractivity contribution in [2.24, 2.45) is 5.92 Å². The van der Waals surface area contributed by atoms with Crippen LogP contribution in [0.5, 0.6) is 0 Å². The Morgan fingerprint density at radius 1 is 1.16 bits per heavy atom. The molecular weight excluding hydrogens is 354 g/mol. The van der Waals surface area contributed by atoms with E-state index >= 15 is 0 Å². The van der Waals surface area contributed by atoms with Crippen molar-refractivity contribution in [3.8, 4) is 10.6 Å². The van der Waals surface area contributed by atoms with Crippen LogP contribution >= 0.6 is 22.7 Å². The van der Waals surface area contributed by atoms with Crippen LogP contribution in [0, 0.1) is 5.92 Å². The number of rotatable bonds is 4. The van der Waals surface area contributed by atoms with E-state index in [2.05, 4.69) is 10.3 Å². The minimum Gasteiger partial charge on any atom is -0.312 e. The second kappa shape index (κ2) is 6.78. The summed E-state index contributed by atoms with van der Waals surface area (Å²) in [7, 11) is 0. The number of thiophene rings is 1. The predicted molar refractivity (Wildman–Crippen MR) is 101 cm³/mol. The molecule has 0 saturated carbocycles. The molecule has 0 radical (unpaired) electrons. The van der Waals surface area contributed by atoms with E-state index < -0.39 is 0 Å². The maximum absolute atomic E-state index is 12.5. The second-order valence-electron chi connectivity index (χ2n) is 5.75. The Kier molecular flexibility index (Phi) is 4.33. The number of para-hydroxylation sites is 1. The molecule has 0 spiro atoms. The van der Waals surface area contributed by atoms with Crippen LogP contribution in [0.25, 0.3) is 10.6 Å². The van der Waals surface area contributed by atoms with Gasteiger partial charge in [0, 0.05) is 24.0 Å². The first kappa shape index (κ1) is 16.0. The van der Waals surface area contributed by atoms with E-state index in [0.717, 1.165) is 16.3 Å². The van der Waals surface area contributed by atoms with Crippen LogP contribution < -0.4 is 10.2 Å². The molecule has 126 valence electrons. The second-order valence-corrected chi connectivity index (χ2v) is 7.55. The first-order valence-electron chi connectivity index (χ1n) is 7.86. The van der Waals surface area contributed by atoms with E-state index in [4.69, 9.17) is 0 Å². The minimum atomic E-state index is -0.359. The van der Waals surface area contributed by atoms with Crippen LogP contribution in [0.4, 0.5) is 10.8 Å². The number of carbonyl (C=O) groups is 2. The largest absolute Gasteiger partial charge is 0.312 e. The van der Waals surface area contributed by atoms with Crippen LogP contribution in [-0.4, -0.2) is 23.3 Å². The first-order chi connectivity index (χ1) is 12.2. The SMILES string of the molecule is O=C(Nc1nc(-c2cccs2)cs1)[C@H]1CC(=O)N(c2ccccc2)C1. The highest BCUT2D eigenvalue weighted by Gasteiger charge is 2.35. The Labute approximate surface area is 152 Å². The lowest BCUT2D eigenvalue weighted by Gasteiger charge is -2.16. The number of nitrogens with one attached hydrogen (secondary N) is 1. The number of aromatic nitrogens is 1. The van der Waals surface area contributed by atoms with Gasteiger partial charge in [-0.2, -0.15) is 0 Å². The molecule has 25 heavy (non-hydrogen) atoms. The Balaban J connectivity index is 1.43. The zero-order chi connectivity index (χ0) is 17.2. The molecule has 7 heteroatoms. The Morgan fingerprint density at radius 3 is 2.76 bits per heavy atom. The summed E-state index contributed by atoms with van der Waals surface area (Å²) in [5.41, 5.74) is 1.70. The molecule has 1 atom stereocenters. The van der Waals surface area contributed by atoms with Crippen LogP contribution in [0.3, 0.4) is 0 Å². The highest BCUT2D eigenvalue weighted by atomic mass is 32.1. The quantitative estimate of drug-likeness (QED) is 0.759. The number of hydrogen-bond donors (Lipinski definition) is 1. The molecule has 0 bridgehead atoms. The number of amides is 2. The summed E-state index contributed by atoms with van der Waals surface area (Å²) >= 11 is 3.01. The lowest BCUT2D eigenvalue weighted by molar-refractivity contribution is -0.122. The number of anilines is 2. The van der Waals surface area contributed by atoms with Gasteiger partial charge < -0.3 is 10.2 Å². The van der Waals surface area contributed by atoms with Crippen molar-refractivity contribution < 1.29 is 9.59 Å². The van der Waals surface area contributed by atoms with Gasteiger partial charge in [-0.05, 0) is 23.6 Å². The van der Waals surface area contributed by atoms with Crippen LogP contribution in [0.2, 0.25) is 0 Å². The summed E-state index contributed by atoms with van der Waals surface area (Å²) in [5.74, 6) is -0.537. The molecule has 0 aliphatic carbocycles. The number of hydrogen-bond acceptors (Lipinski definition) is 5. The van der Waals surface area contributed by atoms with Gasteiger partial charge in [0.15, 0.2) is 5.13 Å². The summed E-state index contributed by atoms with van der Waals surface area (Å²) in [6.07, 6.45) is 0.226. The normalized spacial score (nSPS) is 17.0. The fourth-order valence-corrected chi connectivity index (χ4v) is 4.29. The van der Waals surface area contributed by atoms with Crippen molar-refractivity contribution in [1.29, 1.82) is 0 Å². The molecule has 1 saturated heterocycles. The van der Waals surface area contributed by atoms with Crippen molar-refractivity contribution in [3.63, 3.8) is 0 Å². The molecule has 2 aromatic heterocycles. The monoisotopic (exact) mass is 369 g/mol. The number of thiazole rings is 1. The fourth-order valence-electron chi connectivity index (χ4n) is 2.82. The number of benzene rings is 1. The van der Waals surface area contributed by atoms with Crippen LogP contribution in [0.15, 0.2) is 53.2 Å². The number of carbonyl (C=O) groups excluding carboxylic acids is 2. The third kappa shape index (κ3) is 3.33. The van der Waals surface area contributed by atoms with E-state index in [9.17, 15) is 9.59 Å². The molecule has 5 nitrogen and oxygen atoms in total. The van der Waals surface area contributed by atoms with E-state index in [1.54, 1.807) is 16.2 Å². The van der Waals surface area contributed by atoms with Gasteiger partial charge in [0.05, 0.1) is 16.5 Å². The molecular formula is C18H15N3O2S2. The predicted octanol–water partition coefficient (Wildman–Crippen LogP) is 3.86. The molecule has 1 fully saturated rings. The van der Waals surface area contributed by atoms with Gasteiger partial charge in [-0.1, -0.05) is 24.3 Å². The fraction of sp³-hybridized carbons (Fsp3) is 0.167. The maximum Gasteiger partial charge on any atom is 0.231 e. The van der Waals surface area contributed by atoms with Gasteiger partial charge in [-0.3, -0.25) is 9.59 Å². The van der Waals surface area contributed by atoms with E-state index in [-0.39, 0.29) is 24.2 Å². The van der Waals surface area contributed by atoms with Gasteiger partial charge in [-0.25, -0.2) is 4.98 Å². The molecule has 3 heterocycles. The van der Waals surface area contributed by atoms with Gasteiger partial charge in [0.25, 0.3) is 0 Å². The van der Waals surface area contributed by atoms with Crippen molar-refractivity contribution in [2.45, 2.75) is 6.42 Å². The number of nitrogens with zero attached hydrogens (tertiary/aromatic N) is 2. The van der Waals surface area contributed by atoms with Crippen molar-refractivity contribution >= 4 is 45.3 Å². The molecule has 1 aliphatic heterocycles. The van der Waals surface area contributed by atoms with Gasteiger partial charge in [0.2, 0.25) is 11.8 Å². The summed E-state index contributed by atoms with van der Waals surface area (Å²) in [6, 6.07) is 13.4. The highest BCUT2D eigenvalue weighted by molar-refractivity contribution is 7.16. The Bertz CT molecular complexity index is 890. The summed E-state index contributed by atoms with van der Waals surface area (Å²) < 4.78 is 0. The van der Waals surface area contributed by atoms with Crippen LogP contribution in [-0.2, 0) is 9.59 Å². The topological polar surface area (TPSA) is 62.3 Å². The zero-order valence-corrected chi connectivity index (χ0v) is 14.8. The van der Waals surface area contributed by atoms with Gasteiger partial charge in [0.1, 0.15) is 0 Å². The molecule has 0 unspecified atom stereocenters. The average Bonchev–Trinajstić information content (AvgIpc) is 3.35. The molecule has 1 aromatic carbocycles. The van der Waals surface area contributed by atoms with Gasteiger partial charge in [-0.15, -0.1) is 22.7 Å². The van der Waals surface area contributed by atoms with Crippen LogP contribution in [0.1, 0.15) is 6.42 Å². The Morgan fingerprint density at radius 2 is 2.00 bits per heavy atom. The smallest absolute Gasteiger partial charge is 0.231 e. The maximum atomic E-state index is 12.5. The highest BCUT2D eigenvalue weighted by Crippen LogP contribution is 2.30. The van der Waals surface area contributed by atoms with Crippen molar-refractivity contribution in [2.75, 3.05) is 16.8 Å². The van der Waals surface area contributed by atoms with Gasteiger partial charge >= 0.3 is 0 Å².